The maximum Gasteiger partial charge on any atom is 0.223 e. The predicted octanol–water partition coefficient (Wildman–Crippen LogP) is -1.07. The molecule has 1 aliphatic heterocycles. The summed E-state index contributed by atoms with van der Waals surface area (Å²) in [7, 11) is 0. The van der Waals surface area contributed by atoms with Crippen molar-refractivity contribution in [1.29, 1.82) is 0 Å². The molecule has 0 bridgehead atoms. The van der Waals surface area contributed by atoms with Crippen molar-refractivity contribution in [2.45, 2.75) is 50.4 Å². The molecule has 8 nitrogen and oxygen atoms in total. The van der Waals surface area contributed by atoms with E-state index in [2.05, 4.69) is 12.2 Å². The number of ether oxygens (including phenoxy) is 2. The molecule has 25 heavy (non-hydrogen) atoms. The molecule has 1 aliphatic rings. The van der Waals surface area contributed by atoms with E-state index >= 15 is 0 Å². The van der Waals surface area contributed by atoms with Gasteiger partial charge < -0.3 is 35.2 Å². The van der Waals surface area contributed by atoms with Gasteiger partial charge in [-0.1, -0.05) is 19.1 Å². The van der Waals surface area contributed by atoms with Crippen molar-refractivity contribution >= 4 is 5.91 Å². The van der Waals surface area contributed by atoms with E-state index in [0.29, 0.717) is 5.75 Å². The first kappa shape index (κ1) is 19.6. The zero-order valence-corrected chi connectivity index (χ0v) is 14.0. The Labute approximate surface area is 146 Å². The lowest BCUT2D eigenvalue weighted by Crippen LogP contribution is -2.64. The zero-order chi connectivity index (χ0) is 18.4. The highest BCUT2D eigenvalue weighted by Gasteiger charge is 2.44. The van der Waals surface area contributed by atoms with E-state index in [4.69, 9.17) is 14.6 Å². The molecule has 5 atom stereocenters. The molecule has 1 aromatic carbocycles. The number of carbonyl (C=O) groups excluding carboxylic acids is 1. The van der Waals surface area contributed by atoms with Gasteiger partial charge in [0.2, 0.25) is 5.91 Å². The molecule has 3 unspecified atom stereocenters. The summed E-state index contributed by atoms with van der Waals surface area (Å²) in [6.45, 7) is 1.62. The molecule has 5 N–H and O–H groups in total. The van der Waals surface area contributed by atoms with Crippen LogP contribution in [0.15, 0.2) is 24.3 Å². The lowest BCUT2D eigenvalue weighted by atomic mass is 9.97. The predicted molar refractivity (Wildman–Crippen MR) is 87.8 cm³/mol. The van der Waals surface area contributed by atoms with E-state index < -0.39 is 43.2 Å². The van der Waals surface area contributed by atoms with Crippen LogP contribution in [-0.2, 0) is 16.0 Å². The maximum absolute atomic E-state index is 12.0. The number of benzene rings is 1. The lowest BCUT2D eigenvalue weighted by Gasteiger charge is -2.40. The molecule has 0 spiro atoms. The van der Waals surface area contributed by atoms with Gasteiger partial charge >= 0.3 is 0 Å². The first-order valence-electron chi connectivity index (χ1n) is 8.27. The maximum atomic E-state index is 12.0. The number of carbonyl (C=O) groups is 1. The van der Waals surface area contributed by atoms with E-state index in [9.17, 15) is 20.1 Å². The number of amides is 1. The van der Waals surface area contributed by atoms with Gasteiger partial charge in [0.15, 0.2) is 6.29 Å². The summed E-state index contributed by atoms with van der Waals surface area (Å²) in [5.41, 5.74) is 1.19. The lowest BCUT2D eigenvalue weighted by molar-refractivity contribution is -0.253. The second-order valence-electron chi connectivity index (χ2n) is 5.92. The third-order valence-corrected chi connectivity index (χ3v) is 4.16. The minimum atomic E-state index is -1.53. The van der Waals surface area contributed by atoms with Gasteiger partial charge in [-0.25, -0.2) is 0 Å². The second-order valence-corrected chi connectivity index (χ2v) is 5.92. The van der Waals surface area contributed by atoms with E-state index in [1.54, 1.807) is 0 Å². The van der Waals surface area contributed by atoms with Gasteiger partial charge in [0.25, 0.3) is 0 Å². The average molecular weight is 355 g/mol. The van der Waals surface area contributed by atoms with Gasteiger partial charge in [-0.3, -0.25) is 4.79 Å². The van der Waals surface area contributed by atoms with Gasteiger partial charge in [0, 0.05) is 0 Å². The van der Waals surface area contributed by atoms with E-state index in [0.717, 1.165) is 6.42 Å². The van der Waals surface area contributed by atoms with Crippen molar-refractivity contribution < 1.29 is 34.7 Å². The quantitative estimate of drug-likeness (QED) is 0.421. The Bertz CT molecular complexity index is 550. The number of nitrogens with one attached hydrogen (secondary N) is 1. The summed E-state index contributed by atoms with van der Waals surface area (Å²) in [4.78, 5) is 12.0. The molecule has 1 heterocycles. The molecular formula is C17H25NO7. The number of hydrogen-bond acceptors (Lipinski definition) is 7. The van der Waals surface area contributed by atoms with Crippen LogP contribution in [-0.4, -0.2) is 70.2 Å². The van der Waals surface area contributed by atoms with Crippen molar-refractivity contribution in [2.75, 3.05) is 13.2 Å². The number of aliphatic hydroxyl groups excluding tert-OH is 4. The summed E-state index contributed by atoms with van der Waals surface area (Å²) in [5.74, 6) is 0.179. The minimum absolute atomic E-state index is 0.00495. The third-order valence-electron chi connectivity index (χ3n) is 4.16. The van der Waals surface area contributed by atoms with Gasteiger partial charge in [-0.2, -0.15) is 0 Å². The SMILES string of the molecule is CCc1ccc(OCCC(=O)NC2C(O)O[C@H](CO)C(O)[C@@H]2O)cc1. The molecule has 2 rings (SSSR count). The summed E-state index contributed by atoms with van der Waals surface area (Å²) >= 11 is 0. The highest BCUT2D eigenvalue weighted by atomic mass is 16.6. The molecule has 1 amide bonds. The molecule has 0 saturated carbocycles. The Morgan fingerprint density at radius 1 is 1.20 bits per heavy atom. The number of hydrogen-bond donors (Lipinski definition) is 5. The fourth-order valence-corrected chi connectivity index (χ4v) is 2.59. The van der Waals surface area contributed by atoms with Crippen LogP contribution < -0.4 is 10.1 Å². The summed E-state index contributed by atoms with van der Waals surface area (Å²) in [6, 6.07) is 6.35. The Morgan fingerprint density at radius 3 is 2.48 bits per heavy atom. The second kappa shape index (κ2) is 9.12. The van der Waals surface area contributed by atoms with Crippen LogP contribution in [0.25, 0.3) is 0 Å². The molecule has 8 heteroatoms. The van der Waals surface area contributed by atoms with E-state index in [1.807, 2.05) is 24.3 Å². The molecular weight excluding hydrogens is 330 g/mol. The monoisotopic (exact) mass is 355 g/mol. The first-order chi connectivity index (χ1) is 12.0. The largest absolute Gasteiger partial charge is 0.493 e. The van der Waals surface area contributed by atoms with Crippen molar-refractivity contribution in [1.82, 2.24) is 5.32 Å². The Morgan fingerprint density at radius 2 is 1.88 bits per heavy atom. The van der Waals surface area contributed by atoms with Crippen LogP contribution in [0.1, 0.15) is 18.9 Å². The zero-order valence-electron chi connectivity index (χ0n) is 14.0. The van der Waals surface area contributed by atoms with Crippen LogP contribution in [0.4, 0.5) is 0 Å². The fraction of sp³-hybridized carbons (Fsp3) is 0.588. The number of aryl methyl sites for hydroxylation is 1. The summed E-state index contributed by atoms with van der Waals surface area (Å²) in [6.07, 6.45) is -4.56. The Kier molecular flexibility index (Phi) is 7.15. The van der Waals surface area contributed by atoms with Gasteiger partial charge in [-0.15, -0.1) is 0 Å². The normalized spacial score (nSPS) is 29.2. The van der Waals surface area contributed by atoms with Crippen LogP contribution in [0.2, 0.25) is 0 Å². The highest BCUT2D eigenvalue weighted by Crippen LogP contribution is 2.20. The molecule has 1 aromatic rings. The van der Waals surface area contributed by atoms with Crippen molar-refractivity contribution in [2.24, 2.45) is 0 Å². The molecule has 0 aromatic heterocycles. The van der Waals surface area contributed by atoms with E-state index in [1.165, 1.54) is 5.56 Å². The van der Waals surface area contributed by atoms with Crippen molar-refractivity contribution in [3.63, 3.8) is 0 Å². The molecule has 1 saturated heterocycles. The van der Waals surface area contributed by atoms with Crippen LogP contribution in [0, 0.1) is 0 Å². The molecule has 140 valence electrons. The van der Waals surface area contributed by atoms with Crippen LogP contribution >= 0.6 is 0 Å². The highest BCUT2D eigenvalue weighted by molar-refractivity contribution is 5.76. The molecule has 1 fully saturated rings. The van der Waals surface area contributed by atoms with E-state index in [-0.39, 0.29) is 13.0 Å². The standard InChI is InChI=1S/C17H25NO7/c1-2-10-3-5-11(6-4-10)24-8-7-13(20)18-14-16(22)15(21)12(9-19)25-17(14)23/h3-6,12,14-17,19,21-23H,2,7-9H2,1H3,(H,18,20)/t12-,14?,15?,16-,17?/m1/s1. The topological polar surface area (TPSA) is 128 Å². The van der Waals surface area contributed by atoms with Gasteiger partial charge in [-0.05, 0) is 24.1 Å². The van der Waals surface area contributed by atoms with Crippen molar-refractivity contribution in [3.05, 3.63) is 29.8 Å². The third kappa shape index (κ3) is 5.13. The average Bonchev–Trinajstić information content (AvgIpc) is 2.62. The number of rotatable bonds is 7. The van der Waals surface area contributed by atoms with Gasteiger partial charge in [0.1, 0.15) is 30.1 Å². The smallest absolute Gasteiger partial charge is 0.223 e. The fourth-order valence-electron chi connectivity index (χ4n) is 2.59. The Balaban J connectivity index is 1.79. The summed E-state index contributed by atoms with van der Waals surface area (Å²) in [5, 5.41) is 41.0. The molecule has 0 radical (unpaired) electrons. The molecule has 0 aliphatic carbocycles. The number of aliphatic hydroxyl groups is 4. The van der Waals surface area contributed by atoms with Crippen LogP contribution in [0.3, 0.4) is 0 Å². The Hall–Kier alpha value is -1.71. The van der Waals surface area contributed by atoms with Crippen molar-refractivity contribution in [3.8, 4) is 5.75 Å². The summed E-state index contributed by atoms with van der Waals surface area (Å²) < 4.78 is 10.5. The van der Waals surface area contributed by atoms with Crippen LogP contribution in [0.5, 0.6) is 5.75 Å². The first-order valence-corrected chi connectivity index (χ1v) is 8.27. The van der Waals surface area contributed by atoms with Gasteiger partial charge in [0.05, 0.1) is 19.6 Å². The minimum Gasteiger partial charge on any atom is -0.493 e.